The predicted octanol–water partition coefficient (Wildman–Crippen LogP) is 3.22. The lowest BCUT2D eigenvalue weighted by Crippen LogP contribution is -1.89. The fourth-order valence-corrected chi connectivity index (χ4v) is 0.757. The first-order valence-electron chi connectivity index (χ1n) is 4.83. The van der Waals surface area contributed by atoms with E-state index in [9.17, 15) is 0 Å². The number of hydrogen-bond acceptors (Lipinski definition) is 1. The van der Waals surface area contributed by atoms with E-state index in [0.29, 0.717) is 0 Å². The van der Waals surface area contributed by atoms with Crippen molar-refractivity contribution in [3.05, 3.63) is 0 Å². The van der Waals surface area contributed by atoms with Crippen LogP contribution in [0.3, 0.4) is 0 Å². The predicted molar refractivity (Wildman–Crippen MR) is 51.7 cm³/mol. The molecule has 0 saturated carbocycles. The van der Waals surface area contributed by atoms with Crippen molar-refractivity contribution in [1.82, 2.24) is 0 Å². The Morgan fingerprint density at radius 1 is 1.18 bits per heavy atom. The normalized spacial score (nSPS) is 11.7. The topological polar surface area (TPSA) is 20.2 Å². The van der Waals surface area contributed by atoms with E-state index in [1.165, 1.54) is 25.7 Å². The Hall–Kier alpha value is -0.0400. The minimum Gasteiger partial charge on any atom is -0.397 e. The SMILES string of the molecule is CCCCC(C)CC.CCO. The summed E-state index contributed by atoms with van der Waals surface area (Å²) in [6.45, 7) is 8.78. The van der Waals surface area contributed by atoms with Crippen LogP contribution in [0.15, 0.2) is 0 Å². The molecule has 0 aromatic carbocycles. The van der Waals surface area contributed by atoms with Crippen molar-refractivity contribution in [2.24, 2.45) is 5.92 Å². The monoisotopic (exact) mass is 160 g/mol. The highest BCUT2D eigenvalue weighted by Gasteiger charge is 1.94. The van der Waals surface area contributed by atoms with E-state index in [1.54, 1.807) is 6.92 Å². The molecule has 1 nitrogen and oxygen atoms in total. The highest BCUT2D eigenvalue weighted by Crippen LogP contribution is 2.09. The van der Waals surface area contributed by atoms with Gasteiger partial charge < -0.3 is 5.11 Å². The fourth-order valence-electron chi connectivity index (χ4n) is 0.757. The maximum Gasteiger partial charge on any atom is 0.0402 e. The maximum absolute atomic E-state index is 7.57. The standard InChI is InChI=1S/C8H18.C2H6O/c1-4-6-7-8(3)5-2;1-2-3/h8H,4-7H2,1-3H3;3H,2H2,1H3. The summed E-state index contributed by atoms with van der Waals surface area (Å²) in [5.74, 6) is 0.954. The molecule has 0 fully saturated rings. The molecule has 0 bridgehead atoms. The first-order chi connectivity index (χ1) is 5.22. The van der Waals surface area contributed by atoms with E-state index < -0.39 is 0 Å². The molecule has 0 aliphatic carbocycles. The molecule has 0 heterocycles. The molecule has 0 spiro atoms. The molecule has 0 amide bonds. The van der Waals surface area contributed by atoms with Gasteiger partial charge in [-0.2, -0.15) is 0 Å². The Labute approximate surface area is 71.8 Å². The maximum atomic E-state index is 7.57. The third-order valence-corrected chi connectivity index (χ3v) is 1.75. The Balaban J connectivity index is 0. The second-order valence-electron chi connectivity index (χ2n) is 2.97. The van der Waals surface area contributed by atoms with Gasteiger partial charge in [0.15, 0.2) is 0 Å². The smallest absolute Gasteiger partial charge is 0.0402 e. The quantitative estimate of drug-likeness (QED) is 0.669. The molecule has 0 radical (unpaired) electrons. The first-order valence-corrected chi connectivity index (χ1v) is 4.83. The molecule has 1 atom stereocenters. The van der Waals surface area contributed by atoms with Crippen molar-refractivity contribution in [3.8, 4) is 0 Å². The van der Waals surface area contributed by atoms with Crippen molar-refractivity contribution in [2.45, 2.75) is 53.4 Å². The van der Waals surface area contributed by atoms with E-state index in [-0.39, 0.29) is 6.61 Å². The first kappa shape index (κ1) is 13.5. The van der Waals surface area contributed by atoms with Gasteiger partial charge in [0.1, 0.15) is 0 Å². The summed E-state index contributed by atoms with van der Waals surface area (Å²) >= 11 is 0. The molecule has 1 N–H and O–H groups in total. The molecular weight excluding hydrogens is 136 g/mol. The van der Waals surface area contributed by atoms with Gasteiger partial charge in [-0.3, -0.25) is 0 Å². The van der Waals surface area contributed by atoms with Gasteiger partial charge in [0.2, 0.25) is 0 Å². The van der Waals surface area contributed by atoms with Gasteiger partial charge in [-0.25, -0.2) is 0 Å². The molecule has 0 rings (SSSR count). The highest BCUT2D eigenvalue weighted by molar-refractivity contribution is 4.47. The Bertz CT molecular complexity index is 52.8. The number of rotatable bonds is 4. The van der Waals surface area contributed by atoms with E-state index in [2.05, 4.69) is 20.8 Å². The zero-order valence-electron chi connectivity index (χ0n) is 8.56. The third-order valence-electron chi connectivity index (χ3n) is 1.75. The molecule has 0 aliphatic rings. The summed E-state index contributed by atoms with van der Waals surface area (Å²) in [7, 11) is 0. The van der Waals surface area contributed by atoms with E-state index in [1.807, 2.05) is 0 Å². The number of aliphatic hydroxyl groups is 1. The molecule has 1 unspecified atom stereocenters. The summed E-state index contributed by atoms with van der Waals surface area (Å²) in [5, 5.41) is 7.57. The average molecular weight is 160 g/mol. The average Bonchev–Trinajstić information content (AvgIpc) is 2.02. The van der Waals surface area contributed by atoms with Gasteiger partial charge in [-0.15, -0.1) is 0 Å². The van der Waals surface area contributed by atoms with Gasteiger partial charge in [-0.1, -0.05) is 46.5 Å². The summed E-state index contributed by atoms with van der Waals surface area (Å²) in [5.41, 5.74) is 0. The second kappa shape index (κ2) is 12.6. The van der Waals surface area contributed by atoms with Crippen LogP contribution in [0.4, 0.5) is 0 Å². The van der Waals surface area contributed by atoms with E-state index >= 15 is 0 Å². The highest BCUT2D eigenvalue weighted by atomic mass is 16.2. The minimum atomic E-state index is 0.250. The zero-order valence-corrected chi connectivity index (χ0v) is 8.56. The van der Waals surface area contributed by atoms with Crippen LogP contribution in [0.2, 0.25) is 0 Å². The van der Waals surface area contributed by atoms with Gasteiger partial charge in [0.25, 0.3) is 0 Å². The van der Waals surface area contributed by atoms with Crippen LogP contribution >= 0.6 is 0 Å². The van der Waals surface area contributed by atoms with Gasteiger partial charge in [0, 0.05) is 6.61 Å². The van der Waals surface area contributed by atoms with Crippen LogP contribution in [0.5, 0.6) is 0 Å². The van der Waals surface area contributed by atoms with Crippen molar-refractivity contribution in [3.63, 3.8) is 0 Å². The molecule has 0 aromatic heterocycles. The number of unbranched alkanes of at least 4 members (excludes halogenated alkanes) is 1. The third kappa shape index (κ3) is 17.8. The lowest BCUT2D eigenvalue weighted by atomic mass is 10.0. The molecular formula is C10H24O. The minimum absolute atomic E-state index is 0.250. The lowest BCUT2D eigenvalue weighted by molar-refractivity contribution is 0.318. The van der Waals surface area contributed by atoms with Crippen LogP contribution in [-0.4, -0.2) is 11.7 Å². The molecule has 70 valence electrons. The number of aliphatic hydroxyl groups excluding tert-OH is 1. The molecule has 1 heteroatoms. The Morgan fingerprint density at radius 2 is 1.64 bits per heavy atom. The summed E-state index contributed by atoms with van der Waals surface area (Å²) < 4.78 is 0. The Kier molecular flexibility index (Phi) is 15.5. The van der Waals surface area contributed by atoms with Crippen LogP contribution in [-0.2, 0) is 0 Å². The van der Waals surface area contributed by atoms with Gasteiger partial charge in [-0.05, 0) is 12.8 Å². The number of hydrogen-bond donors (Lipinski definition) is 1. The summed E-state index contributed by atoms with van der Waals surface area (Å²) in [6.07, 6.45) is 5.53. The largest absolute Gasteiger partial charge is 0.397 e. The van der Waals surface area contributed by atoms with E-state index in [0.717, 1.165) is 5.92 Å². The molecule has 11 heavy (non-hydrogen) atoms. The second-order valence-corrected chi connectivity index (χ2v) is 2.97. The van der Waals surface area contributed by atoms with Crippen LogP contribution in [0.1, 0.15) is 53.4 Å². The van der Waals surface area contributed by atoms with Crippen LogP contribution in [0, 0.1) is 5.92 Å². The summed E-state index contributed by atoms with van der Waals surface area (Å²) in [4.78, 5) is 0. The molecule has 0 aliphatic heterocycles. The lowest BCUT2D eigenvalue weighted by Gasteiger charge is -2.04. The molecule has 0 saturated heterocycles. The molecule has 0 aromatic rings. The Morgan fingerprint density at radius 3 is 1.91 bits per heavy atom. The van der Waals surface area contributed by atoms with Crippen molar-refractivity contribution in [2.75, 3.05) is 6.61 Å². The van der Waals surface area contributed by atoms with Crippen molar-refractivity contribution < 1.29 is 5.11 Å². The zero-order chi connectivity index (χ0) is 9.11. The van der Waals surface area contributed by atoms with Crippen LogP contribution < -0.4 is 0 Å². The van der Waals surface area contributed by atoms with E-state index in [4.69, 9.17) is 5.11 Å². The van der Waals surface area contributed by atoms with Gasteiger partial charge >= 0.3 is 0 Å². The van der Waals surface area contributed by atoms with Crippen molar-refractivity contribution >= 4 is 0 Å². The van der Waals surface area contributed by atoms with Crippen LogP contribution in [0.25, 0.3) is 0 Å². The van der Waals surface area contributed by atoms with Gasteiger partial charge in [0.05, 0.1) is 0 Å². The van der Waals surface area contributed by atoms with Crippen molar-refractivity contribution in [1.29, 1.82) is 0 Å². The summed E-state index contributed by atoms with van der Waals surface area (Å²) in [6, 6.07) is 0. The fraction of sp³-hybridized carbons (Fsp3) is 1.00.